The predicted octanol–water partition coefficient (Wildman–Crippen LogP) is 2.51. The van der Waals surface area contributed by atoms with E-state index in [9.17, 15) is 13.6 Å². The number of rotatable bonds is 6. The molecule has 0 aliphatic rings. The fourth-order valence-corrected chi connectivity index (χ4v) is 1.82. The summed E-state index contributed by atoms with van der Waals surface area (Å²) in [5.74, 6) is -3.44. The zero-order valence-corrected chi connectivity index (χ0v) is 12.6. The fraction of sp³-hybridized carbons (Fsp3) is 0.417. The minimum absolute atomic E-state index is 0. The maximum absolute atomic E-state index is 12.8. The molecule has 0 bridgehead atoms. The minimum Gasteiger partial charge on any atom is -0.350 e. The summed E-state index contributed by atoms with van der Waals surface area (Å²) in [6.45, 7) is -1.48. The summed E-state index contributed by atoms with van der Waals surface area (Å²) in [6.07, 6.45) is 0.671. The Morgan fingerprint density at radius 1 is 1.37 bits per heavy atom. The van der Waals surface area contributed by atoms with E-state index in [1.165, 1.54) is 0 Å². The molecular formula is C12H16BrClF2N2O. The summed E-state index contributed by atoms with van der Waals surface area (Å²) >= 11 is 3.36. The third kappa shape index (κ3) is 6.84. The minimum atomic E-state index is -3.04. The second-order valence-electron chi connectivity index (χ2n) is 3.93. The molecule has 1 aromatic rings. The number of hydrogen-bond donors (Lipinski definition) is 2. The molecule has 0 unspecified atom stereocenters. The maximum Gasteiger partial charge on any atom is 0.277 e. The van der Waals surface area contributed by atoms with Gasteiger partial charge in [-0.15, -0.1) is 12.4 Å². The molecule has 0 heterocycles. The molecule has 0 saturated carbocycles. The predicted molar refractivity (Wildman–Crippen MR) is 76.7 cm³/mol. The smallest absolute Gasteiger partial charge is 0.277 e. The summed E-state index contributed by atoms with van der Waals surface area (Å²) in [4.78, 5) is 11.4. The summed E-state index contributed by atoms with van der Waals surface area (Å²) < 4.78 is 26.5. The van der Waals surface area contributed by atoms with Crippen LogP contribution in [0.4, 0.5) is 8.78 Å². The Morgan fingerprint density at radius 2 is 2.00 bits per heavy atom. The average molecular weight is 358 g/mol. The lowest BCUT2D eigenvalue weighted by atomic mass is 10.1. The first-order valence-electron chi connectivity index (χ1n) is 5.52. The largest absolute Gasteiger partial charge is 0.350 e. The van der Waals surface area contributed by atoms with Crippen molar-refractivity contribution in [3.8, 4) is 0 Å². The van der Waals surface area contributed by atoms with Crippen LogP contribution in [0, 0.1) is 0 Å². The standard InChI is InChI=1S/C12H15BrF2N2O.ClH/c13-10-4-2-1-3-9(10)5-6-11(18)17-8-12(14,15)7-16;/h1-4H,5-8,16H2,(H,17,18);1H. The topological polar surface area (TPSA) is 55.1 Å². The van der Waals surface area contributed by atoms with Crippen molar-refractivity contribution in [1.29, 1.82) is 0 Å². The number of benzene rings is 1. The normalized spacial score (nSPS) is 10.7. The van der Waals surface area contributed by atoms with Gasteiger partial charge in [0.1, 0.15) is 0 Å². The molecule has 0 aliphatic heterocycles. The van der Waals surface area contributed by atoms with Crippen LogP contribution in [0.3, 0.4) is 0 Å². The van der Waals surface area contributed by atoms with E-state index >= 15 is 0 Å². The molecule has 0 atom stereocenters. The van der Waals surface area contributed by atoms with Crippen molar-refractivity contribution in [2.75, 3.05) is 13.1 Å². The Kier molecular flexibility index (Phi) is 8.13. The number of nitrogens with two attached hydrogens (primary N) is 1. The Hall–Kier alpha value is -0.720. The lowest BCUT2D eigenvalue weighted by Gasteiger charge is -2.14. The van der Waals surface area contributed by atoms with Gasteiger partial charge in [-0.25, -0.2) is 8.78 Å². The Bertz CT molecular complexity index is 418. The van der Waals surface area contributed by atoms with Gasteiger partial charge in [0.25, 0.3) is 5.92 Å². The molecule has 19 heavy (non-hydrogen) atoms. The van der Waals surface area contributed by atoms with Gasteiger partial charge in [-0.2, -0.15) is 0 Å². The van der Waals surface area contributed by atoms with Crippen molar-refractivity contribution in [2.24, 2.45) is 5.73 Å². The van der Waals surface area contributed by atoms with E-state index in [-0.39, 0.29) is 18.8 Å². The van der Waals surface area contributed by atoms with E-state index in [4.69, 9.17) is 5.73 Å². The van der Waals surface area contributed by atoms with E-state index in [1.807, 2.05) is 24.3 Å². The highest BCUT2D eigenvalue weighted by Crippen LogP contribution is 2.17. The molecule has 7 heteroatoms. The third-order valence-electron chi connectivity index (χ3n) is 2.42. The number of alkyl halides is 2. The third-order valence-corrected chi connectivity index (χ3v) is 3.20. The van der Waals surface area contributed by atoms with E-state index in [0.717, 1.165) is 10.0 Å². The quantitative estimate of drug-likeness (QED) is 0.822. The summed E-state index contributed by atoms with van der Waals surface area (Å²) in [5.41, 5.74) is 5.84. The van der Waals surface area contributed by atoms with Gasteiger partial charge in [0.05, 0.1) is 13.1 Å². The summed E-state index contributed by atoms with van der Waals surface area (Å²) in [5, 5.41) is 2.18. The van der Waals surface area contributed by atoms with Crippen LogP contribution in [0.2, 0.25) is 0 Å². The van der Waals surface area contributed by atoms with Crippen LogP contribution in [-0.4, -0.2) is 24.9 Å². The highest BCUT2D eigenvalue weighted by Gasteiger charge is 2.26. The molecule has 3 N–H and O–H groups in total. The number of aryl methyl sites for hydroxylation is 1. The van der Waals surface area contributed by atoms with Gasteiger partial charge in [0.2, 0.25) is 5.91 Å². The van der Waals surface area contributed by atoms with Crippen molar-refractivity contribution in [3.05, 3.63) is 34.3 Å². The molecule has 0 aromatic heterocycles. The van der Waals surface area contributed by atoms with Crippen LogP contribution in [0.15, 0.2) is 28.7 Å². The second-order valence-corrected chi connectivity index (χ2v) is 4.78. The van der Waals surface area contributed by atoms with Crippen LogP contribution in [0.25, 0.3) is 0 Å². The van der Waals surface area contributed by atoms with E-state index in [0.29, 0.717) is 6.42 Å². The molecule has 1 rings (SSSR count). The molecule has 0 aliphatic carbocycles. The van der Waals surface area contributed by atoms with Gasteiger partial charge >= 0.3 is 0 Å². The lowest BCUT2D eigenvalue weighted by molar-refractivity contribution is -0.122. The first kappa shape index (κ1) is 18.3. The number of carbonyl (C=O) groups is 1. The zero-order chi connectivity index (χ0) is 13.6. The van der Waals surface area contributed by atoms with Crippen molar-refractivity contribution >= 4 is 34.2 Å². The number of nitrogens with one attached hydrogen (secondary N) is 1. The molecule has 0 spiro atoms. The number of amides is 1. The van der Waals surface area contributed by atoms with E-state index < -0.39 is 24.9 Å². The number of halogens is 4. The Balaban J connectivity index is 0.00000324. The highest BCUT2D eigenvalue weighted by molar-refractivity contribution is 9.10. The first-order valence-corrected chi connectivity index (χ1v) is 6.32. The van der Waals surface area contributed by atoms with Crippen LogP contribution >= 0.6 is 28.3 Å². The maximum atomic E-state index is 12.8. The van der Waals surface area contributed by atoms with Crippen molar-refractivity contribution < 1.29 is 13.6 Å². The van der Waals surface area contributed by atoms with Gasteiger partial charge in [-0.3, -0.25) is 4.79 Å². The van der Waals surface area contributed by atoms with Crippen LogP contribution in [0.5, 0.6) is 0 Å². The highest BCUT2D eigenvalue weighted by atomic mass is 79.9. The monoisotopic (exact) mass is 356 g/mol. The average Bonchev–Trinajstić information content (AvgIpc) is 2.35. The Morgan fingerprint density at radius 3 is 2.58 bits per heavy atom. The van der Waals surface area contributed by atoms with E-state index in [1.54, 1.807) is 0 Å². The molecule has 0 fully saturated rings. The van der Waals surface area contributed by atoms with Crippen molar-refractivity contribution in [3.63, 3.8) is 0 Å². The van der Waals surface area contributed by atoms with Crippen molar-refractivity contribution in [2.45, 2.75) is 18.8 Å². The SMILES string of the molecule is Cl.NCC(F)(F)CNC(=O)CCc1ccccc1Br. The molecule has 1 amide bonds. The van der Waals surface area contributed by atoms with Gasteiger partial charge in [0, 0.05) is 10.9 Å². The molecular weight excluding hydrogens is 341 g/mol. The van der Waals surface area contributed by atoms with Gasteiger partial charge in [-0.05, 0) is 18.1 Å². The summed E-state index contributed by atoms with van der Waals surface area (Å²) in [6, 6.07) is 7.48. The first-order chi connectivity index (χ1) is 8.44. The second kappa shape index (κ2) is 8.45. The van der Waals surface area contributed by atoms with E-state index in [2.05, 4.69) is 21.2 Å². The molecule has 3 nitrogen and oxygen atoms in total. The fourth-order valence-electron chi connectivity index (χ4n) is 1.34. The number of carbonyl (C=O) groups excluding carboxylic acids is 1. The number of hydrogen-bond acceptors (Lipinski definition) is 2. The molecule has 1 aromatic carbocycles. The molecule has 0 saturated heterocycles. The molecule has 108 valence electrons. The van der Waals surface area contributed by atoms with Crippen LogP contribution in [-0.2, 0) is 11.2 Å². The van der Waals surface area contributed by atoms with Gasteiger partial charge < -0.3 is 11.1 Å². The lowest BCUT2D eigenvalue weighted by Crippen LogP contribution is -2.41. The van der Waals surface area contributed by atoms with Gasteiger partial charge in [0.15, 0.2) is 0 Å². The molecule has 0 radical (unpaired) electrons. The summed E-state index contributed by atoms with van der Waals surface area (Å²) in [7, 11) is 0. The van der Waals surface area contributed by atoms with Gasteiger partial charge in [-0.1, -0.05) is 34.1 Å². The van der Waals surface area contributed by atoms with Crippen LogP contribution < -0.4 is 11.1 Å². The van der Waals surface area contributed by atoms with Crippen molar-refractivity contribution in [1.82, 2.24) is 5.32 Å². The van der Waals surface area contributed by atoms with Crippen LogP contribution in [0.1, 0.15) is 12.0 Å². The Labute approximate surface area is 125 Å². The zero-order valence-electron chi connectivity index (χ0n) is 10.2.